The van der Waals surface area contributed by atoms with Gasteiger partial charge in [-0.2, -0.15) is 4.98 Å². The van der Waals surface area contributed by atoms with E-state index in [9.17, 15) is 14.7 Å². The fourth-order valence-corrected chi connectivity index (χ4v) is 2.91. The Balaban J connectivity index is 2.32. The molecule has 20 heavy (non-hydrogen) atoms. The van der Waals surface area contributed by atoms with Crippen molar-refractivity contribution in [2.24, 2.45) is 0 Å². The largest absolute Gasteiger partial charge is 0.478 e. The van der Waals surface area contributed by atoms with Gasteiger partial charge in [-0.1, -0.05) is 17.7 Å². The molecule has 6 nitrogen and oxygen atoms in total. The number of hydrogen-bond acceptors (Lipinski definition) is 5. The summed E-state index contributed by atoms with van der Waals surface area (Å²) in [6.45, 7) is 1.52. The second-order valence-corrected chi connectivity index (χ2v) is 5.22. The molecule has 0 atom stereocenters. The molecule has 0 unspecified atom stereocenters. The number of aromatic amines is 1. The first-order chi connectivity index (χ1) is 9.49. The van der Waals surface area contributed by atoms with Crippen LogP contribution in [0.15, 0.2) is 28.2 Å². The molecule has 2 heterocycles. The summed E-state index contributed by atoms with van der Waals surface area (Å²) in [6.07, 6.45) is 1.56. The lowest BCUT2D eigenvalue weighted by Crippen LogP contribution is -2.18. The molecule has 0 spiro atoms. The minimum Gasteiger partial charge on any atom is -0.478 e. The highest BCUT2D eigenvalue weighted by molar-refractivity contribution is 7.98. The number of aryl methyl sites for hydroxylation is 1. The second-order valence-electron chi connectivity index (χ2n) is 3.89. The van der Waals surface area contributed by atoms with Gasteiger partial charge in [-0.05, 0) is 18.6 Å². The molecule has 2 N–H and O–H groups in total. The number of aromatic carboxylic acids is 1. The summed E-state index contributed by atoms with van der Waals surface area (Å²) >= 11 is 7.06. The Hall–Kier alpha value is -1.86. The molecule has 0 aliphatic rings. The van der Waals surface area contributed by atoms with Crippen molar-refractivity contribution in [2.45, 2.75) is 17.7 Å². The molecule has 0 aliphatic carbocycles. The van der Waals surface area contributed by atoms with Gasteiger partial charge >= 0.3 is 11.7 Å². The summed E-state index contributed by atoms with van der Waals surface area (Å²) in [5, 5.41) is 9.69. The van der Waals surface area contributed by atoms with E-state index in [0.29, 0.717) is 10.9 Å². The van der Waals surface area contributed by atoms with Crippen molar-refractivity contribution < 1.29 is 9.90 Å². The minimum atomic E-state index is -1.13. The Morgan fingerprint density at radius 3 is 2.95 bits per heavy atom. The summed E-state index contributed by atoms with van der Waals surface area (Å²) < 4.78 is 0. The molecule has 2 rings (SSSR count). The number of carboxylic acids is 1. The number of pyridine rings is 1. The van der Waals surface area contributed by atoms with Crippen molar-refractivity contribution in [3.8, 4) is 0 Å². The van der Waals surface area contributed by atoms with E-state index in [2.05, 4.69) is 15.0 Å². The number of H-pyrrole nitrogens is 1. The van der Waals surface area contributed by atoms with Gasteiger partial charge in [0.2, 0.25) is 0 Å². The van der Waals surface area contributed by atoms with Crippen LogP contribution in [0.3, 0.4) is 0 Å². The Bertz CT molecular complexity index is 717. The van der Waals surface area contributed by atoms with Crippen LogP contribution >= 0.6 is 23.4 Å². The van der Waals surface area contributed by atoms with Crippen LogP contribution in [0, 0.1) is 6.92 Å². The lowest BCUT2D eigenvalue weighted by Gasteiger charge is -2.07. The first-order valence-electron chi connectivity index (χ1n) is 5.55. The Morgan fingerprint density at radius 1 is 1.55 bits per heavy atom. The predicted octanol–water partition coefficient (Wildman–Crippen LogP) is 2.12. The first-order valence-corrected chi connectivity index (χ1v) is 6.92. The smallest absolute Gasteiger partial charge is 0.346 e. The van der Waals surface area contributed by atoms with Gasteiger partial charge in [-0.15, -0.1) is 11.8 Å². The van der Waals surface area contributed by atoms with Crippen LogP contribution in [0.4, 0.5) is 0 Å². The molecule has 2 aromatic rings. The van der Waals surface area contributed by atoms with Crippen LogP contribution in [0.5, 0.6) is 0 Å². The maximum absolute atomic E-state index is 11.4. The van der Waals surface area contributed by atoms with E-state index in [4.69, 9.17) is 11.6 Å². The topological polar surface area (TPSA) is 95.9 Å². The number of nitrogens with one attached hydrogen (secondary N) is 1. The number of carboxylic acid groups (broad SMARTS) is 1. The number of rotatable bonds is 4. The van der Waals surface area contributed by atoms with E-state index >= 15 is 0 Å². The van der Waals surface area contributed by atoms with Gasteiger partial charge in [0.05, 0.1) is 0 Å². The van der Waals surface area contributed by atoms with Gasteiger partial charge < -0.3 is 10.1 Å². The van der Waals surface area contributed by atoms with Gasteiger partial charge in [-0.3, -0.25) is 0 Å². The van der Waals surface area contributed by atoms with Crippen molar-refractivity contribution in [1.82, 2.24) is 15.0 Å². The summed E-state index contributed by atoms with van der Waals surface area (Å²) in [4.78, 5) is 32.6. The molecule has 0 amide bonds. The maximum Gasteiger partial charge on any atom is 0.346 e. The van der Waals surface area contributed by atoms with Crippen LogP contribution in [-0.2, 0) is 5.75 Å². The number of nitrogens with zero attached hydrogens (tertiary/aromatic N) is 2. The Morgan fingerprint density at radius 2 is 2.30 bits per heavy atom. The van der Waals surface area contributed by atoms with Gasteiger partial charge in [0, 0.05) is 17.6 Å². The normalized spacial score (nSPS) is 10.5. The lowest BCUT2D eigenvalue weighted by atomic mass is 10.2. The molecule has 8 heteroatoms. The summed E-state index contributed by atoms with van der Waals surface area (Å²) in [7, 11) is 0. The average Bonchev–Trinajstić information content (AvgIpc) is 2.36. The molecular formula is C12H10ClN3O3S. The third kappa shape index (κ3) is 3.17. The lowest BCUT2D eigenvalue weighted by molar-refractivity contribution is 0.0690. The summed E-state index contributed by atoms with van der Waals surface area (Å²) in [5.74, 6) is -0.755. The van der Waals surface area contributed by atoms with Crippen molar-refractivity contribution in [2.75, 3.05) is 0 Å². The van der Waals surface area contributed by atoms with Gasteiger partial charge in [-0.25, -0.2) is 14.6 Å². The van der Waals surface area contributed by atoms with Crippen LogP contribution in [0.1, 0.15) is 21.6 Å². The highest BCUT2D eigenvalue weighted by Gasteiger charge is 2.17. The number of halogens is 1. The highest BCUT2D eigenvalue weighted by Crippen LogP contribution is 2.26. The summed E-state index contributed by atoms with van der Waals surface area (Å²) in [5.41, 5.74) is 0.439. The minimum absolute atomic E-state index is 0.00499. The van der Waals surface area contributed by atoms with Gasteiger partial charge in [0.1, 0.15) is 15.7 Å². The molecular weight excluding hydrogens is 302 g/mol. The van der Waals surface area contributed by atoms with Crippen molar-refractivity contribution >= 4 is 29.3 Å². The van der Waals surface area contributed by atoms with Gasteiger partial charge in [0.15, 0.2) is 0 Å². The van der Waals surface area contributed by atoms with Crippen LogP contribution in [0.2, 0.25) is 5.15 Å². The SMILES string of the molecule is Cc1[nH]c(=O)nc(SCc2cccnc2Cl)c1C(=O)O. The molecule has 104 valence electrons. The molecule has 0 fully saturated rings. The second kappa shape index (κ2) is 6.06. The molecule has 0 bridgehead atoms. The van der Waals surface area contributed by atoms with E-state index in [0.717, 1.165) is 17.3 Å². The zero-order chi connectivity index (χ0) is 14.7. The predicted molar refractivity (Wildman–Crippen MR) is 75.4 cm³/mol. The zero-order valence-electron chi connectivity index (χ0n) is 10.4. The molecule has 0 aliphatic heterocycles. The fraction of sp³-hybridized carbons (Fsp3) is 0.167. The summed E-state index contributed by atoms with van der Waals surface area (Å²) in [6, 6.07) is 3.51. The standard InChI is InChI=1S/C12H10ClN3O3S/c1-6-8(11(17)18)10(16-12(19)15-6)20-5-7-3-2-4-14-9(7)13/h2-4H,5H2,1H3,(H,17,18)(H,15,16,19). The first kappa shape index (κ1) is 14.5. The monoisotopic (exact) mass is 311 g/mol. The van der Waals surface area contributed by atoms with Crippen LogP contribution in [0.25, 0.3) is 0 Å². The number of hydrogen-bond donors (Lipinski definition) is 2. The van der Waals surface area contributed by atoms with Gasteiger partial charge in [0.25, 0.3) is 0 Å². The van der Waals surface area contributed by atoms with Crippen molar-refractivity contribution in [3.05, 3.63) is 50.8 Å². The molecule has 2 aromatic heterocycles. The molecule has 0 radical (unpaired) electrons. The fourth-order valence-electron chi connectivity index (χ4n) is 1.59. The number of thioether (sulfide) groups is 1. The van der Waals surface area contributed by atoms with Crippen LogP contribution < -0.4 is 5.69 Å². The zero-order valence-corrected chi connectivity index (χ0v) is 12.0. The van der Waals surface area contributed by atoms with E-state index in [1.807, 2.05) is 0 Å². The number of carbonyl (C=O) groups is 1. The van der Waals surface area contributed by atoms with Crippen LogP contribution in [-0.4, -0.2) is 26.0 Å². The Kier molecular flexibility index (Phi) is 4.41. The van der Waals surface area contributed by atoms with E-state index < -0.39 is 11.7 Å². The highest BCUT2D eigenvalue weighted by atomic mass is 35.5. The molecule has 0 saturated heterocycles. The third-order valence-corrected chi connectivity index (χ3v) is 3.87. The average molecular weight is 312 g/mol. The Labute approximate surface area is 123 Å². The quantitative estimate of drug-likeness (QED) is 0.510. The van der Waals surface area contributed by atoms with Crippen molar-refractivity contribution in [3.63, 3.8) is 0 Å². The van der Waals surface area contributed by atoms with Crippen molar-refractivity contribution in [1.29, 1.82) is 0 Å². The molecule has 0 saturated carbocycles. The van der Waals surface area contributed by atoms with E-state index in [-0.39, 0.29) is 16.3 Å². The molecule has 0 aromatic carbocycles. The third-order valence-electron chi connectivity index (χ3n) is 2.50. The maximum atomic E-state index is 11.4. The van der Waals surface area contributed by atoms with E-state index in [1.54, 1.807) is 18.3 Å². The number of aromatic nitrogens is 3. The van der Waals surface area contributed by atoms with E-state index in [1.165, 1.54) is 6.92 Å².